The summed E-state index contributed by atoms with van der Waals surface area (Å²) in [5.74, 6) is 5.12. The molecule has 0 atom stereocenters. The van der Waals surface area contributed by atoms with Gasteiger partial charge in [0.25, 0.3) is 13.4 Å². The number of nitrogens with zero attached hydrogens (tertiary/aromatic N) is 9. The van der Waals surface area contributed by atoms with Gasteiger partial charge in [0.05, 0.1) is 76.9 Å². The van der Waals surface area contributed by atoms with Crippen LogP contribution < -0.4 is 47.2 Å². The highest BCUT2D eigenvalue weighted by Gasteiger charge is 2.44. The highest BCUT2D eigenvalue weighted by molar-refractivity contribution is 8.00. The fraction of sp³-hybridized carbons (Fsp3) is 0. The second-order valence-corrected chi connectivity index (χ2v) is 26.0. The Kier molecular flexibility index (Phi) is 9.19. The molecule has 11 nitrogen and oxygen atoms in total. The van der Waals surface area contributed by atoms with Gasteiger partial charge in [0.1, 0.15) is 28.5 Å². The Hall–Kier alpha value is -11.3. The molecule has 6 aromatic heterocycles. The smallest absolute Gasteiger partial charge is 0.256 e. The quantitative estimate of drug-likeness (QED) is 0.162. The number of imidazole rings is 5. The molecule has 0 bridgehead atoms. The lowest BCUT2D eigenvalue weighted by atomic mass is 9.34. The van der Waals surface area contributed by atoms with Gasteiger partial charge in [-0.05, 0) is 136 Å². The standard InChI is InChI=1S/C75H41B2N9O2S2/c1-6-24-52-46(18-1)76-47-19-2-13-33-63(47)87-64-39-43(81-55-27-9-11-29-57(55)84-53-25-7-4-22-50(53)78-73(81)84)38-62(69(64)76)83(52)60-31-16-32-61-71(60)80-75-86(61)59-36-35-42(37-67(59)90-75)45-17-15-21-49-72(45)88-65-40-44(41-68-70(65)77(49)48-20-3-14-34-66(48)89-68)82-56-28-10-12-30-58(56)85-54-26-8-5-23-51(54)79-74(82)85/h1-41H. The van der Waals surface area contributed by atoms with Gasteiger partial charge in [-0.25, -0.2) is 15.0 Å². The molecule has 18 aromatic rings. The number of fused-ring (bicyclic) bond motifs is 23. The lowest BCUT2D eigenvalue weighted by molar-refractivity contribution is 0.487. The monoisotopic (exact) mass is 1190 g/mol. The van der Waals surface area contributed by atoms with Crippen molar-refractivity contribution in [1.29, 1.82) is 0 Å². The molecular weight excluding hydrogens is 1140 g/mol. The maximum atomic E-state index is 7.42. The summed E-state index contributed by atoms with van der Waals surface area (Å²) in [6, 6.07) is 89.5. The van der Waals surface area contributed by atoms with E-state index in [0.717, 1.165) is 161 Å². The molecular formula is C75H41B2N9O2S2. The summed E-state index contributed by atoms with van der Waals surface area (Å²) in [7, 11) is 0. The van der Waals surface area contributed by atoms with Crippen molar-refractivity contribution in [2.75, 3.05) is 4.90 Å². The topological polar surface area (TPSA) is 83.5 Å². The second-order valence-electron chi connectivity index (χ2n) is 23.9. The maximum Gasteiger partial charge on any atom is 0.256 e. The van der Waals surface area contributed by atoms with Crippen LogP contribution in [0, 0.1) is 0 Å². The summed E-state index contributed by atoms with van der Waals surface area (Å²) < 4.78 is 27.1. The molecule has 0 radical (unpaired) electrons. The predicted octanol–water partition coefficient (Wildman–Crippen LogP) is 14.4. The zero-order valence-electron chi connectivity index (χ0n) is 47.5. The van der Waals surface area contributed by atoms with Crippen molar-refractivity contribution in [3.63, 3.8) is 0 Å². The Balaban J connectivity index is 0.703. The first-order valence-corrected chi connectivity index (χ1v) is 31.9. The van der Waals surface area contributed by atoms with Gasteiger partial charge >= 0.3 is 0 Å². The number of thiazole rings is 1. The molecule has 416 valence electrons. The van der Waals surface area contributed by atoms with Crippen LogP contribution >= 0.6 is 23.1 Å². The van der Waals surface area contributed by atoms with Crippen molar-refractivity contribution in [2.45, 2.75) is 9.79 Å². The molecule has 22 rings (SSSR count). The van der Waals surface area contributed by atoms with Crippen molar-refractivity contribution in [3.8, 4) is 45.5 Å². The van der Waals surface area contributed by atoms with Crippen LogP contribution in [0.2, 0.25) is 0 Å². The molecule has 0 aliphatic carbocycles. The van der Waals surface area contributed by atoms with Crippen molar-refractivity contribution in [3.05, 3.63) is 249 Å². The van der Waals surface area contributed by atoms with Gasteiger partial charge in [-0.3, -0.25) is 22.3 Å². The average Bonchev–Trinajstić information content (AvgIpc) is 1.04. The average molecular weight is 1190 g/mol. The molecule has 0 amide bonds. The minimum atomic E-state index is -0.0665. The molecule has 0 fully saturated rings. The first-order valence-electron chi connectivity index (χ1n) is 30.3. The number of ether oxygens (including phenoxy) is 2. The van der Waals surface area contributed by atoms with Gasteiger partial charge in [-0.1, -0.05) is 162 Å². The SMILES string of the molecule is c1ccc2c(c1)Oc1cc(-n3c4ccccc4n4c5ccccc5nc34)cc3c1B2c1ccccc1N3c1cccc2c1nc1sc3cc(-c4cccc5c4Oc4cc(-n6c7ccccc7n7c8ccccc8nc67)cc6c4B5c4ccccc4S6)ccc3n12. The molecule has 0 saturated heterocycles. The van der Waals surface area contributed by atoms with Gasteiger partial charge in [0, 0.05) is 38.9 Å². The van der Waals surface area contributed by atoms with Gasteiger partial charge in [-0.2, -0.15) is 0 Å². The largest absolute Gasteiger partial charge is 0.458 e. The number of aromatic nitrogens is 8. The van der Waals surface area contributed by atoms with Crippen LogP contribution in [-0.4, -0.2) is 50.7 Å². The van der Waals surface area contributed by atoms with E-state index in [1.807, 2.05) is 11.8 Å². The molecule has 4 aliphatic rings. The van der Waals surface area contributed by atoms with E-state index >= 15 is 0 Å². The molecule has 4 aliphatic heterocycles. The van der Waals surface area contributed by atoms with Crippen LogP contribution in [0.3, 0.4) is 0 Å². The Morgan fingerprint density at radius 2 is 0.956 bits per heavy atom. The summed E-state index contributed by atoms with van der Waals surface area (Å²) in [5, 5.41) is 0. The van der Waals surface area contributed by atoms with Crippen LogP contribution in [-0.2, 0) is 0 Å². The summed E-state index contributed by atoms with van der Waals surface area (Å²) in [6.45, 7) is -0.0889. The van der Waals surface area contributed by atoms with E-state index < -0.39 is 0 Å². The minimum absolute atomic E-state index is 0.0223. The zero-order chi connectivity index (χ0) is 58.2. The summed E-state index contributed by atoms with van der Waals surface area (Å²) in [6.07, 6.45) is 0. The van der Waals surface area contributed by atoms with Gasteiger partial charge in [0.2, 0.25) is 11.6 Å². The molecule has 10 heterocycles. The van der Waals surface area contributed by atoms with Crippen LogP contribution in [0.5, 0.6) is 23.0 Å². The van der Waals surface area contributed by atoms with Crippen molar-refractivity contribution >= 4 is 168 Å². The number of benzene rings is 12. The predicted molar refractivity (Wildman–Crippen MR) is 367 cm³/mol. The van der Waals surface area contributed by atoms with E-state index in [9.17, 15) is 0 Å². The highest BCUT2D eigenvalue weighted by Crippen LogP contribution is 2.48. The zero-order valence-corrected chi connectivity index (χ0v) is 49.1. The van der Waals surface area contributed by atoms with E-state index in [-0.39, 0.29) is 13.4 Å². The lowest BCUT2D eigenvalue weighted by Gasteiger charge is -2.40. The van der Waals surface area contributed by atoms with Gasteiger partial charge in [-0.15, -0.1) is 0 Å². The Bertz CT molecular complexity index is 6290. The Morgan fingerprint density at radius 1 is 0.367 bits per heavy atom. The van der Waals surface area contributed by atoms with Crippen LogP contribution in [0.15, 0.2) is 259 Å². The normalized spacial score (nSPS) is 13.6. The molecule has 0 unspecified atom stereocenters. The third-order valence-corrected chi connectivity index (χ3v) is 21.4. The molecule has 0 saturated carbocycles. The van der Waals surface area contributed by atoms with Crippen molar-refractivity contribution in [2.24, 2.45) is 0 Å². The first-order chi connectivity index (χ1) is 44.6. The fourth-order valence-corrected chi connectivity index (χ4v) is 17.9. The first kappa shape index (κ1) is 47.8. The van der Waals surface area contributed by atoms with Crippen molar-refractivity contribution < 1.29 is 9.47 Å². The Labute approximate surface area is 520 Å². The van der Waals surface area contributed by atoms with E-state index in [2.05, 4.69) is 276 Å². The maximum absolute atomic E-state index is 7.42. The number of hydrogen-bond donors (Lipinski definition) is 0. The van der Waals surface area contributed by atoms with E-state index in [1.54, 1.807) is 11.3 Å². The van der Waals surface area contributed by atoms with Gasteiger partial charge < -0.3 is 14.4 Å². The van der Waals surface area contributed by atoms with E-state index in [0.29, 0.717) is 0 Å². The lowest BCUT2D eigenvalue weighted by Crippen LogP contribution is -2.59. The number of para-hydroxylation sites is 12. The highest BCUT2D eigenvalue weighted by atomic mass is 32.2. The van der Waals surface area contributed by atoms with E-state index in [4.69, 9.17) is 24.4 Å². The van der Waals surface area contributed by atoms with Crippen LogP contribution in [0.4, 0.5) is 17.1 Å². The number of hydrogen-bond acceptors (Lipinski definition) is 8. The third kappa shape index (κ3) is 6.19. The number of anilines is 3. The summed E-state index contributed by atoms with van der Waals surface area (Å²) in [5.41, 5.74) is 25.7. The molecule has 0 spiro atoms. The van der Waals surface area contributed by atoms with Gasteiger partial charge in [0.15, 0.2) is 4.96 Å². The molecule has 12 aromatic carbocycles. The second kappa shape index (κ2) is 17.3. The number of rotatable bonds is 4. The molecule has 15 heteroatoms. The minimum Gasteiger partial charge on any atom is -0.458 e. The van der Waals surface area contributed by atoms with Crippen LogP contribution in [0.25, 0.3) is 104 Å². The third-order valence-electron chi connectivity index (χ3n) is 19.3. The molecule has 0 N–H and O–H groups in total. The Morgan fingerprint density at radius 3 is 1.72 bits per heavy atom. The summed E-state index contributed by atoms with van der Waals surface area (Å²) in [4.78, 5) is 22.0. The van der Waals surface area contributed by atoms with Crippen molar-refractivity contribution in [1.82, 2.24) is 37.3 Å². The van der Waals surface area contributed by atoms with E-state index in [1.165, 1.54) is 26.2 Å². The fourth-order valence-electron chi connectivity index (χ4n) is 15.6. The summed E-state index contributed by atoms with van der Waals surface area (Å²) >= 11 is 3.54. The van der Waals surface area contributed by atoms with Crippen LogP contribution in [0.1, 0.15) is 0 Å². The molecule has 90 heavy (non-hydrogen) atoms.